The van der Waals surface area contributed by atoms with Crippen LogP contribution in [0, 0.1) is 0 Å². The van der Waals surface area contributed by atoms with Gasteiger partial charge < -0.3 is 19.9 Å². The maximum Gasteiger partial charge on any atom is 0.337 e. The maximum absolute atomic E-state index is 12.0. The normalized spacial score (nSPS) is 16.0. The van der Waals surface area contributed by atoms with Gasteiger partial charge in [0.25, 0.3) is 0 Å². The van der Waals surface area contributed by atoms with E-state index in [2.05, 4.69) is 4.74 Å². The van der Waals surface area contributed by atoms with Crippen LogP contribution in [0.1, 0.15) is 27.1 Å². The van der Waals surface area contributed by atoms with E-state index in [9.17, 15) is 9.59 Å². The molecule has 1 aromatic rings. The number of nitrogens with two attached hydrogens (primary N) is 1. The molecule has 1 aliphatic rings. The molecule has 0 radical (unpaired) electrons. The van der Waals surface area contributed by atoms with Crippen molar-refractivity contribution in [3.8, 4) is 0 Å². The molecule has 0 atom stereocenters. The number of hydrogen-bond acceptors (Lipinski definition) is 6. The van der Waals surface area contributed by atoms with Crippen molar-refractivity contribution in [2.45, 2.75) is 12.7 Å². The highest BCUT2D eigenvalue weighted by atomic mass is 16.7. The van der Waals surface area contributed by atoms with Crippen LogP contribution in [0.4, 0.5) is 0 Å². The fourth-order valence-corrected chi connectivity index (χ4v) is 1.92. The third kappa shape index (κ3) is 4.14. The van der Waals surface area contributed by atoms with Crippen molar-refractivity contribution < 1.29 is 23.8 Å². The summed E-state index contributed by atoms with van der Waals surface area (Å²) in [4.78, 5) is 23.3. The second kappa shape index (κ2) is 7.01. The quantitative estimate of drug-likeness (QED) is 0.499. The number of benzene rings is 1. The number of ketones is 1. The Bertz CT molecular complexity index is 544. The molecule has 2 rings (SSSR count). The average Bonchev–Trinajstić information content (AvgIpc) is 2.99. The molecule has 1 aliphatic heterocycles. The number of carbonyl (C=O) groups excluding carboxylic acids is 2. The summed E-state index contributed by atoms with van der Waals surface area (Å²) in [6, 6.07) is 6.18. The van der Waals surface area contributed by atoms with Gasteiger partial charge in [-0.05, 0) is 12.1 Å². The van der Waals surface area contributed by atoms with E-state index in [1.807, 2.05) is 0 Å². The molecule has 1 aromatic carbocycles. The summed E-state index contributed by atoms with van der Waals surface area (Å²) in [6.45, 7) is 1.09. The van der Waals surface area contributed by atoms with Crippen molar-refractivity contribution >= 4 is 11.8 Å². The number of ether oxygens (including phenoxy) is 3. The number of rotatable bonds is 5. The molecular weight excluding hydrogens is 274 g/mol. The first kappa shape index (κ1) is 15.2. The fourth-order valence-electron chi connectivity index (χ4n) is 1.92. The SMILES string of the molecule is COC(=O)c1ccc(C(=O)/C=C(\N)CC2OCCO2)cc1. The highest BCUT2D eigenvalue weighted by molar-refractivity contribution is 6.05. The van der Waals surface area contributed by atoms with Gasteiger partial charge >= 0.3 is 5.97 Å². The lowest BCUT2D eigenvalue weighted by molar-refractivity contribution is -0.0401. The number of methoxy groups -OCH3 is 1. The molecule has 0 aliphatic carbocycles. The molecule has 0 spiro atoms. The first-order valence-corrected chi connectivity index (χ1v) is 6.52. The lowest BCUT2D eigenvalue weighted by Gasteiger charge is -2.08. The summed E-state index contributed by atoms with van der Waals surface area (Å²) >= 11 is 0. The second-order valence-electron chi connectivity index (χ2n) is 4.53. The Hall–Kier alpha value is -2.18. The number of esters is 1. The molecule has 0 aromatic heterocycles. The topological polar surface area (TPSA) is 87.9 Å². The molecular formula is C15H17NO5. The molecule has 21 heavy (non-hydrogen) atoms. The lowest BCUT2D eigenvalue weighted by Crippen LogP contribution is -2.14. The predicted molar refractivity (Wildman–Crippen MR) is 74.7 cm³/mol. The van der Waals surface area contributed by atoms with Crippen molar-refractivity contribution in [1.82, 2.24) is 0 Å². The fraction of sp³-hybridized carbons (Fsp3) is 0.333. The van der Waals surface area contributed by atoms with E-state index in [-0.39, 0.29) is 12.1 Å². The summed E-state index contributed by atoms with van der Waals surface area (Å²) in [5.41, 5.74) is 7.02. The maximum atomic E-state index is 12.0. The van der Waals surface area contributed by atoms with Crippen molar-refractivity contribution in [3.63, 3.8) is 0 Å². The van der Waals surface area contributed by atoms with E-state index in [1.165, 1.54) is 25.3 Å². The van der Waals surface area contributed by atoms with Crippen LogP contribution in [-0.2, 0) is 14.2 Å². The van der Waals surface area contributed by atoms with Crippen LogP contribution < -0.4 is 5.73 Å². The number of hydrogen-bond donors (Lipinski definition) is 1. The van der Waals surface area contributed by atoms with Gasteiger partial charge in [0, 0.05) is 23.8 Å². The molecule has 6 heteroatoms. The summed E-state index contributed by atoms with van der Waals surface area (Å²) in [5.74, 6) is -0.679. The zero-order valence-corrected chi connectivity index (χ0v) is 11.7. The second-order valence-corrected chi connectivity index (χ2v) is 4.53. The Balaban J connectivity index is 2.00. The van der Waals surface area contributed by atoms with Gasteiger partial charge in [-0.15, -0.1) is 0 Å². The van der Waals surface area contributed by atoms with Gasteiger partial charge in [0.1, 0.15) is 0 Å². The molecule has 1 fully saturated rings. The average molecular weight is 291 g/mol. The number of allylic oxidation sites excluding steroid dienone is 1. The standard InChI is InChI=1S/C15H17NO5/c1-19-15(18)11-4-2-10(3-5-11)13(17)8-12(16)9-14-20-6-7-21-14/h2-5,8,14H,6-7,9,16H2,1H3/b12-8-. The third-order valence-corrected chi connectivity index (χ3v) is 3.00. The predicted octanol–water partition coefficient (Wildman–Crippen LogP) is 1.26. The highest BCUT2D eigenvalue weighted by Crippen LogP contribution is 2.13. The minimum Gasteiger partial charge on any atom is -0.465 e. The minimum absolute atomic E-state index is 0.234. The van der Waals surface area contributed by atoms with Crippen LogP contribution in [0.5, 0.6) is 0 Å². The zero-order chi connectivity index (χ0) is 15.2. The van der Waals surface area contributed by atoms with Crippen molar-refractivity contribution in [2.75, 3.05) is 20.3 Å². The molecule has 0 unspecified atom stereocenters. The largest absolute Gasteiger partial charge is 0.465 e. The summed E-state index contributed by atoms with van der Waals surface area (Å²) in [6.07, 6.45) is 1.32. The van der Waals surface area contributed by atoms with Gasteiger partial charge in [0.05, 0.1) is 25.9 Å². The van der Waals surface area contributed by atoms with Gasteiger partial charge in [-0.1, -0.05) is 12.1 Å². The summed E-state index contributed by atoms with van der Waals surface area (Å²) < 4.78 is 15.1. The number of carbonyl (C=O) groups is 2. The van der Waals surface area contributed by atoms with E-state index >= 15 is 0 Å². The Morgan fingerprint density at radius 3 is 2.38 bits per heavy atom. The van der Waals surface area contributed by atoms with Crippen LogP contribution in [0.3, 0.4) is 0 Å². The van der Waals surface area contributed by atoms with Crippen LogP contribution >= 0.6 is 0 Å². The minimum atomic E-state index is -0.445. The summed E-state index contributed by atoms with van der Waals surface area (Å²) in [7, 11) is 1.30. The van der Waals surface area contributed by atoms with Crippen LogP contribution in [0.25, 0.3) is 0 Å². The Morgan fingerprint density at radius 2 is 1.81 bits per heavy atom. The molecule has 6 nitrogen and oxygen atoms in total. The van der Waals surface area contributed by atoms with Crippen LogP contribution in [0.15, 0.2) is 36.0 Å². The van der Waals surface area contributed by atoms with Gasteiger partial charge in [-0.25, -0.2) is 4.79 Å². The lowest BCUT2D eigenvalue weighted by atomic mass is 10.1. The van der Waals surface area contributed by atoms with Gasteiger partial charge in [-0.2, -0.15) is 0 Å². The molecule has 112 valence electrons. The van der Waals surface area contributed by atoms with Gasteiger partial charge in [0.15, 0.2) is 12.1 Å². The smallest absolute Gasteiger partial charge is 0.337 e. The van der Waals surface area contributed by atoms with E-state index in [4.69, 9.17) is 15.2 Å². The van der Waals surface area contributed by atoms with Crippen LogP contribution in [0.2, 0.25) is 0 Å². The van der Waals surface area contributed by atoms with Crippen molar-refractivity contribution in [2.24, 2.45) is 5.73 Å². The Labute approximate surface area is 122 Å². The molecule has 0 amide bonds. The molecule has 1 saturated heterocycles. The Morgan fingerprint density at radius 1 is 1.24 bits per heavy atom. The van der Waals surface area contributed by atoms with E-state index < -0.39 is 5.97 Å². The molecule has 0 saturated carbocycles. The van der Waals surface area contributed by atoms with E-state index in [1.54, 1.807) is 12.1 Å². The Kier molecular flexibility index (Phi) is 5.08. The molecule has 1 heterocycles. The van der Waals surface area contributed by atoms with Crippen LogP contribution in [-0.4, -0.2) is 38.4 Å². The van der Waals surface area contributed by atoms with E-state index in [0.29, 0.717) is 36.5 Å². The van der Waals surface area contributed by atoms with Gasteiger partial charge in [0.2, 0.25) is 0 Å². The van der Waals surface area contributed by atoms with Crippen molar-refractivity contribution in [1.29, 1.82) is 0 Å². The highest BCUT2D eigenvalue weighted by Gasteiger charge is 2.17. The van der Waals surface area contributed by atoms with E-state index in [0.717, 1.165) is 0 Å². The zero-order valence-electron chi connectivity index (χ0n) is 11.7. The molecule has 2 N–H and O–H groups in total. The first-order valence-electron chi connectivity index (χ1n) is 6.52. The monoisotopic (exact) mass is 291 g/mol. The third-order valence-electron chi connectivity index (χ3n) is 3.00. The summed E-state index contributed by atoms with van der Waals surface area (Å²) in [5, 5.41) is 0. The molecule has 0 bridgehead atoms. The van der Waals surface area contributed by atoms with Gasteiger partial charge in [-0.3, -0.25) is 4.79 Å². The van der Waals surface area contributed by atoms with Crippen molar-refractivity contribution in [3.05, 3.63) is 47.2 Å². The first-order chi connectivity index (χ1) is 10.1.